The fraction of sp³-hybridized carbons (Fsp3) is 0.167. The summed E-state index contributed by atoms with van der Waals surface area (Å²) in [7, 11) is 4.57. The molecule has 0 heterocycles. The van der Waals surface area contributed by atoms with Crippen LogP contribution >= 0.6 is 9.69 Å². The van der Waals surface area contributed by atoms with E-state index in [1.165, 1.54) is 6.08 Å². The monoisotopic (exact) mass is 240 g/mol. The molecular weight excluding hydrogens is 225 g/mol. The molecule has 0 saturated carbocycles. The first-order chi connectivity index (χ1) is 2.91. The summed E-state index contributed by atoms with van der Waals surface area (Å²) in [4.78, 5) is 0. The average molecular weight is 240 g/mol. The minimum atomic E-state index is 0. The second kappa shape index (κ2) is 73.1. The fourth-order valence-electron chi connectivity index (χ4n) is 0. The van der Waals surface area contributed by atoms with Crippen molar-refractivity contribution in [3.05, 3.63) is 34.9 Å². The third-order valence-corrected chi connectivity index (χ3v) is 0.129. The van der Waals surface area contributed by atoms with Crippen molar-refractivity contribution in [1.82, 2.24) is 0 Å². The van der Waals surface area contributed by atoms with Gasteiger partial charge in [-0.25, -0.2) is 0 Å². The second-order valence-electron chi connectivity index (χ2n) is 0.471. The van der Waals surface area contributed by atoms with Gasteiger partial charge >= 0.3 is 27.0 Å². The van der Waals surface area contributed by atoms with Gasteiger partial charge < -0.3 is 27.4 Å². The number of hydrogen-bond donors (Lipinski definition) is 1. The van der Waals surface area contributed by atoms with E-state index in [9.17, 15) is 0 Å². The van der Waals surface area contributed by atoms with Crippen molar-refractivity contribution in [2.75, 3.05) is 6.61 Å². The SMILES string of the molecule is C=CCO.[CH3-].[CH3-].[CH3-].[Cl][Ru+3]. The molecule has 0 unspecified atom stereocenters. The summed E-state index contributed by atoms with van der Waals surface area (Å²) in [6.07, 6.45) is 1.43. The summed E-state index contributed by atoms with van der Waals surface area (Å²) >= 11 is 1.82. The van der Waals surface area contributed by atoms with Crippen LogP contribution in [-0.2, 0) is 17.3 Å². The molecule has 0 fully saturated rings. The Labute approximate surface area is 73.8 Å². The van der Waals surface area contributed by atoms with Crippen molar-refractivity contribution in [2.24, 2.45) is 0 Å². The van der Waals surface area contributed by atoms with Crippen LogP contribution in [0.15, 0.2) is 12.7 Å². The third-order valence-electron chi connectivity index (χ3n) is 0.129. The van der Waals surface area contributed by atoms with E-state index in [0.29, 0.717) is 0 Å². The Hall–Kier alpha value is 0.613. The van der Waals surface area contributed by atoms with Gasteiger partial charge in [0.05, 0.1) is 6.61 Å². The standard InChI is InChI=1S/C3H6O.3CH3.ClH.Ru/c1-2-3-4;;;;;/h2,4H,1,3H2;3*1H3;1H;/q;3*-1;;+4/p-1. The van der Waals surface area contributed by atoms with Crippen LogP contribution in [0.1, 0.15) is 0 Å². The van der Waals surface area contributed by atoms with Gasteiger partial charge in [-0.15, -0.1) is 6.58 Å². The van der Waals surface area contributed by atoms with Crippen LogP contribution in [0.5, 0.6) is 0 Å². The Morgan fingerprint density at radius 3 is 1.44 bits per heavy atom. The molecule has 0 bridgehead atoms. The summed E-state index contributed by atoms with van der Waals surface area (Å²) in [5.74, 6) is 0. The first-order valence-electron chi connectivity index (χ1n) is 1.27. The molecule has 0 atom stereocenters. The minimum absolute atomic E-state index is 0. The Bertz CT molecular complexity index is 27.0. The van der Waals surface area contributed by atoms with Crippen molar-refractivity contribution in [3.63, 3.8) is 0 Å². The summed E-state index contributed by atoms with van der Waals surface area (Å²) in [5.41, 5.74) is 0. The van der Waals surface area contributed by atoms with Crippen LogP contribution in [0.25, 0.3) is 0 Å². The number of rotatable bonds is 1. The number of aliphatic hydroxyl groups is 1. The normalized spacial score (nSPS) is 3.33. The molecule has 0 spiro atoms. The second-order valence-corrected chi connectivity index (χ2v) is 0.471. The molecule has 0 aliphatic heterocycles. The molecule has 0 rings (SSSR count). The Balaban J connectivity index is -0.00000000990. The molecule has 1 N–H and O–H groups in total. The molecule has 0 aromatic rings. The molecule has 0 aromatic carbocycles. The average Bonchev–Trinajstić information content (AvgIpc) is 1.72. The maximum atomic E-state index is 7.76. The zero-order valence-corrected chi connectivity index (χ0v) is 8.66. The first kappa shape index (κ1) is 33.5. The predicted octanol–water partition coefficient (Wildman–Crippen LogP) is 2.20. The molecule has 0 aromatic heterocycles. The van der Waals surface area contributed by atoms with Gasteiger partial charge in [-0.1, -0.05) is 6.08 Å². The van der Waals surface area contributed by atoms with Gasteiger partial charge in [-0.05, 0) is 0 Å². The van der Waals surface area contributed by atoms with E-state index in [2.05, 4.69) is 16.3 Å². The number of aliphatic hydroxyl groups excluding tert-OH is 1. The van der Waals surface area contributed by atoms with Crippen molar-refractivity contribution < 1.29 is 22.4 Å². The Kier molecular flexibility index (Phi) is 272. The van der Waals surface area contributed by atoms with E-state index < -0.39 is 0 Å². The number of hydrogen-bond acceptors (Lipinski definition) is 1. The Morgan fingerprint density at radius 1 is 1.33 bits per heavy atom. The van der Waals surface area contributed by atoms with Gasteiger partial charge in [0.15, 0.2) is 0 Å². The Morgan fingerprint density at radius 2 is 1.44 bits per heavy atom. The molecule has 1 nitrogen and oxygen atoms in total. The quantitative estimate of drug-likeness (QED) is 0.423. The van der Waals surface area contributed by atoms with Crippen LogP contribution < -0.4 is 0 Å². The molecule has 0 amide bonds. The molecule has 0 aliphatic carbocycles. The zero-order chi connectivity index (χ0) is 5.41. The van der Waals surface area contributed by atoms with E-state index in [-0.39, 0.29) is 28.9 Å². The first-order valence-corrected chi connectivity index (χ1v) is 3.50. The molecule has 0 saturated heterocycles. The topological polar surface area (TPSA) is 20.2 Å². The van der Waals surface area contributed by atoms with Gasteiger partial charge in [-0.2, -0.15) is 0 Å². The van der Waals surface area contributed by atoms with Crippen molar-refractivity contribution in [1.29, 1.82) is 0 Å². The molecule has 0 aliphatic rings. The maximum absolute atomic E-state index is 7.76. The van der Waals surface area contributed by atoms with E-state index in [1.807, 2.05) is 17.3 Å². The van der Waals surface area contributed by atoms with E-state index in [1.54, 1.807) is 0 Å². The van der Waals surface area contributed by atoms with Crippen LogP contribution in [0.4, 0.5) is 0 Å². The van der Waals surface area contributed by atoms with Crippen molar-refractivity contribution in [2.45, 2.75) is 0 Å². The summed E-state index contributed by atoms with van der Waals surface area (Å²) in [5, 5.41) is 7.76. The van der Waals surface area contributed by atoms with E-state index in [0.717, 1.165) is 0 Å². The summed E-state index contributed by atoms with van der Waals surface area (Å²) < 4.78 is 0. The van der Waals surface area contributed by atoms with Crippen LogP contribution in [0.3, 0.4) is 0 Å². The van der Waals surface area contributed by atoms with Crippen LogP contribution in [-0.4, -0.2) is 11.7 Å². The molecule has 60 valence electrons. The van der Waals surface area contributed by atoms with Gasteiger partial charge in [0.25, 0.3) is 0 Å². The van der Waals surface area contributed by atoms with Crippen molar-refractivity contribution in [3.8, 4) is 0 Å². The predicted molar refractivity (Wildman–Crippen MR) is 42.4 cm³/mol. The third kappa shape index (κ3) is 145. The van der Waals surface area contributed by atoms with E-state index in [4.69, 9.17) is 5.11 Å². The number of halogens is 1. The van der Waals surface area contributed by atoms with Crippen LogP contribution in [0, 0.1) is 22.3 Å². The zero-order valence-electron chi connectivity index (χ0n) is 6.17. The molecule has 0 radical (unpaired) electrons. The van der Waals surface area contributed by atoms with Gasteiger partial charge in [-0.3, -0.25) is 0 Å². The van der Waals surface area contributed by atoms with Gasteiger partial charge in [0.2, 0.25) is 0 Å². The van der Waals surface area contributed by atoms with Gasteiger partial charge in [0.1, 0.15) is 0 Å². The molecule has 9 heavy (non-hydrogen) atoms. The van der Waals surface area contributed by atoms with Crippen LogP contribution in [0.2, 0.25) is 0 Å². The summed E-state index contributed by atoms with van der Waals surface area (Å²) in [6, 6.07) is 0. The molecule has 3 heteroatoms. The van der Waals surface area contributed by atoms with Crippen molar-refractivity contribution >= 4 is 9.69 Å². The van der Waals surface area contributed by atoms with Gasteiger partial charge in [0, 0.05) is 0 Å². The molecular formula is C6H15ClORu. The fourth-order valence-corrected chi connectivity index (χ4v) is 0. The van der Waals surface area contributed by atoms with E-state index >= 15 is 0 Å². The summed E-state index contributed by atoms with van der Waals surface area (Å²) in [6.45, 7) is 3.31.